The van der Waals surface area contributed by atoms with Gasteiger partial charge < -0.3 is 14.5 Å². The van der Waals surface area contributed by atoms with Crippen LogP contribution in [0.25, 0.3) is 0 Å². The Morgan fingerprint density at radius 3 is 2.52 bits per heavy atom. The second-order valence-corrected chi connectivity index (χ2v) is 6.55. The van der Waals surface area contributed by atoms with Gasteiger partial charge in [0.05, 0.1) is 12.6 Å². The van der Waals surface area contributed by atoms with Crippen molar-refractivity contribution >= 4 is 5.91 Å². The molecule has 0 aliphatic carbocycles. The van der Waals surface area contributed by atoms with Gasteiger partial charge in [0.1, 0.15) is 11.5 Å². The summed E-state index contributed by atoms with van der Waals surface area (Å²) in [6.45, 7) is 5.14. The molecule has 2 aromatic rings. The lowest BCUT2D eigenvalue weighted by Gasteiger charge is -2.26. The smallest absolute Gasteiger partial charge is 0.251 e. The van der Waals surface area contributed by atoms with Crippen LogP contribution in [-0.4, -0.2) is 37.6 Å². The third kappa shape index (κ3) is 4.50. The van der Waals surface area contributed by atoms with Crippen molar-refractivity contribution < 1.29 is 13.9 Å². The van der Waals surface area contributed by atoms with Crippen LogP contribution < -0.4 is 5.32 Å². The molecule has 1 atom stereocenters. The van der Waals surface area contributed by atoms with Crippen LogP contribution in [0.15, 0.2) is 40.8 Å². The van der Waals surface area contributed by atoms with E-state index in [1.54, 1.807) is 7.11 Å². The molecule has 0 spiro atoms. The van der Waals surface area contributed by atoms with Crippen LogP contribution in [0.3, 0.4) is 0 Å². The second kappa shape index (κ2) is 8.32. The number of hydrogen-bond donors (Lipinski definition) is 1. The Labute approximate surface area is 149 Å². The number of furan rings is 1. The number of hydrogen-bond acceptors (Lipinski definition) is 4. The summed E-state index contributed by atoms with van der Waals surface area (Å²) >= 11 is 0. The van der Waals surface area contributed by atoms with Gasteiger partial charge in [0.25, 0.3) is 5.91 Å². The number of likely N-dealkylation sites (tertiary alicyclic amines) is 1. The van der Waals surface area contributed by atoms with Crippen molar-refractivity contribution in [3.8, 4) is 0 Å². The van der Waals surface area contributed by atoms with E-state index in [0.29, 0.717) is 18.7 Å². The predicted octanol–water partition coefficient (Wildman–Crippen LogP) is 3.30. The standard InChI is InChI=1S/C20H26N2O3/c1-15-5-10-19(25-15)18(22-11-3-4-12-22)13-21-20(23)17-8-6-16(7-9-17)14-24-2/h5-10,18H,3-4,11-14H2,1-2H3,(H,21,23)/t18-/m0/s1. The van der Waals surface area contributed by atoms with E-state index in [-0.39, 0.29) is 11.9 Å². The fourth-order valence-corrected chi connectivity index (χ4v) is 3.31. The van der Waals surface area contributed by atoms with Gasteiger partial charge >= 0.3 is 0 Å². The Bertz CT molecular complexity index is 687. The summed E-state index contributed by atoms with van der Waals surface area (Å²) in [5.41, 5.74) is 1.72. The maximum atomic E-state index is 12.5. The molecule has 1 aromatic carbocycles. The third-order valence-corrected chi connectivity index (χ3v) is 4.65. The summed E-state index contributed by atoms with van der Waals surface area (Å²) in [5.74, 6) is 1.77. The number of nitrogens with one attached hydrogen (secondary N) is 1. The molecule has 1 amide bonds. The monoisotopic (exact) mass is 342 g/mol. The third-order valence-electron chi connectivity index (χ3n) is 4.65. The molecule has 1 aromatic heterocycles. The van der Waals surface area contributed by atoms with E-state index in [1.807, 2.05) is 43.3 Å². The largest absolute Gasteiger partial charge is 0.465 e. The van der Waals surface area contributed by atoms with Crippen molar-refractivity contribution in [1.82, 2.24) is 10.2 Å². The minimum atomic E-state index is -0.0589. The van der Waals surface area contributed by atoms with Crippen molar-refractivity contribution in [1.29, 1.82) is 0 Å². The van der Waals surface area contributed by atoms with Crippen molar-refractivity contribution in [2.75, 3.05) is 26.7 Å². The maximum absolute atomic E-state index is 12.5. The number of carbonyl (C=O) groups is 1. The Kier molecular flexibility index (Phi) is 5.89. The molecule has 0 saturated carbocycles. The van der Waals surface area contributed by atoms with Crippen molar-refractivity contribution in [2.45, 2.75) is 32.4 Å². The highest BCUT2D eigenvalue weighted by molar-refractivity contribution is 5.94. The second-order valence-electron chi connectivity index (χ2n) is 6.55. The number of benzene rings is 1. The van der Waals surface area contributed by atoms with Crippen LogP contribution in [-0.2, 0) is 11.3 Å². The number of nitrogens with zero attached hydrogens (tertiary/aromatic N) is 1. The first-order valence-corrected chi connectivity index (χ1v) is 8.84. The summed E-state index contributed by atoms with van der Waals surface area (Å²) in [5, 5.41) is 3.06. The molecule has 5 nitrogen and oxygen atoms in total. The van der Waals surface area contributed by atoms with E-state index in [0.717, 1.165) is 30.2 Å². The minimum Gasteiger partial charge on any atom is -0.465 e. The van der Waals surface area contributed by atoms with Crippen molar-refractivity contribution in [3.63, 3.8) is 0 Å². The average molecular weight is 342 g/mol. The van der Waals surface area contributed by atoms with E-state index < -0.39 is 0 Å². The number of ether oxygens (including phenoxy) is 1. The fourth-order valence-electron chi connectivity index (χ4n) is 3.31. The molecule has 1 fully saturated rings. The summed E-state index contributed by atoms with van der Waals surface area (Å²) in [4.78, 5) is 14.9. The molecular weight excluding hydrogens is 316 g/mol. The first-order valence-electron chi connectivity index (χ1n) is 8.84. The summed E-state index contributed by atoms with van der Waals surface area (Å²) in [6.07, 6.45) is 2.40. The van der Waals surface area contributed by atoms with Crippen LogP contribution in [0.2, 0.25) is 0 Å². The highest BCUT2D eigenvalue weighted by atomic mass is 16.5. The maximum Gasteiger partial charge on any atom is 0.251 e. The number of methoxy groups -OCH3 is 1. The first kappa shape index (κ1) is 17.7. The van der Waals surface area contributed by atoms with Crippen LogP contribution in [0, 0.1) is 6.92 Å². The molecule has 0 radical (unpaired) electrons. The number of carbonyl (C=O) groups excluding carboxylic acids is 1. The first-order chi connectivity index (χ1) is 12.2. The van der Waals surface area contributed by atoms with E-state index >= 15 is 0 Å². The molecule has 25 heavy (non-hydrogen) atoms. The Morgan fingerprint density at radius 2 is 1.92 bits per heavy atom. The van der Waals surface area contributed by atoms with Crippen LogP contribution >= 0.6 is 0 Å². The molecule has 0 unspecified atom stereocenters. The van der Waals surface area contributed by atoms with Gasteiger partial charge in [-0.2, -0.15) is 0 Å². The SMILES string of the molecule is COCc1ccc(C(=O)NC[C@@H](c2ccc(C)o2)N2CCCC2)cc1. The van der Waals surface area contributed by atoms with E-state index in [4.69, 9.17) is 9.15 Å². The van der Waals surface area contributed by atoms with Gasteiger partial charge in [-0.3, -0.25) is 9.69 Å². The van der Waals surface area contributed by atoms with Crippen LogP contribution in [0.5, 0.6) is 0 Å². The van der Waals surface area contributed by atoms with Crippen LogP contribution in [0.1, 0.15) is 46.3 Å². The highest BCUT2D eigenvalue weighted by Gasteiger charge is 2.26. The molecular formula is C20H26N2O3. The number of rotatable bonds is 7. The van der Waals surface area contributed by atoms with Gasteiger partial charge in [0.15, 0.2) is 0 Å². The zero-order chi connectivity index (χ0) is 17.6. The Morgan fingerprint density at radius 1 is 1.20 bits per heavy atom. The molecule has 1 saturated heterocycles. The molecule has 3 rings (SSSR count). The Balaban J connectivity index is 1.64. The lowest BCUT2D eigenvalue weighted by Crippen LogP contribution is -2.36. The van der Waals surface area contributed by atoms with Gasteiger partial charge in [-0.05, 0) is 62.7 Å². The normalized spacial score (nSPS) is 16.1. The number of aryl methyl sites for hydroxylation is 1. The van der Waals surface area contributed by atoms with E-state index in [9.17, 15) is 4.79 Å². The molecule has 1 N–H and O–H groups in total. The quantitative estimate of drug-likeness (QED) is 0.839. The average Bonchev–Trinajstić information content (AvgIpc) is 3.28. The van der Waals surface area contributed by atoms with Gasteiger partial charge in [-0.15, -0.1) is 0 Å². The van der Waals surface area contributed by atoms with E-state index in [1.165, 1.54) is 12.8 Å². The minimum absolute atomic E-state index is 0.0589. The molecule has 1 aliphatic heterocycles. The summed E-state index contributed by atoms with van der Waals surface area (Å²) in [7, 11) is 1.66. The van der Waals surface area contributed by atoms with Gasteiger partial charge in [0, 0.05) is 19.2 Å². The van der Waals surface area contributed by atoms with Gasteiger partial charge in [0.2, 0.25) is 0 Å². The van der Waals surface area contributed by atoms with Gasteiger partial charge in [-0.25, -0.2) is 0 Å². The zero-order valence-electron chi connectivity index (χ0n) is 15.0. The molecule has 134 valence electrons. The number of amides is 1. The Hall–Kier alpha value is -2.11. The van der Waals surface area contributed by atoms with Crippen molar-refractivity contribution in [2.24, 2.45) is 0 Å². The lowest BCUT2D eigenvalue weighted by molar-refractivity contribution is 0.0933. The van der Waals surface area contributed by atoms with Gasteiger partial charge in [-0.1, -0.05) is 12.1 Å². The highest BCUT2D eigenvalue weighted by Crippen LogP contribution is 2.26. The molecule has 5 heteroatoms. The van der Waals surface area contributed by atoms with Crippen molar-refractivity contribution in [3.05, 3.63) is 59.0 Å². The summed E-state index contributed by atoms with van der Waals surface area (Å²) < 4.78 is 10.9. The topological polar surface area (TPSA) is 54.7 Å². The molecule has 1 aliphatic rings. The zero-order valence-corrected chi connectivity index (χ0v) is 15.0. The summed E-state index contributed by atoms with van der Waals surface area (Å²) in [6, 6.07) is 11.6. The predicted molar refractivity (Wildman–Crippen MR) is 96.5 cm³/mol. The molecule has 2 heterocycles. The molecule has 0 bridgehead atoms. The fraction of sp³-hybridized carbons (Fsp3) is 0.450. The van der Waals surface area contributed by atoms with Crippen LogP contribution in [0.4, 0.5) is 0 Å². The van der Waals surface area contributed by atoms with E-state index in [2.05, 4.69) is 10.2 Å². The lowest BCUT2D eigenvalue weighted by atomic mass is 10.1.